The molecule has 0 amide bonds. The maximum absolute atomic E-state index is 6.19. The van der Waals surface area contributed by atoms with Crippen LogP contribution in [0.2, 0.25) is 5.02 Å². The first kappa shape index (κ1) is 13.8. The van der Waals surface area contributed by atoms with Gasteiger partial charge in [-0.15, -0.1) is 0 Å². The van der Waals surface area contributed by atoms with Crippen molar-refractivity contribution in [2.24, 2.45) is 5.73 Å². The molecule has 0 saturated heterocycles. The van der Waals surface area contributed by atoms with Crippen LogP contribution in [0.1, 0.15) is 5.56 Å². The third kappa shape index (κ3) is 2.96. The SMILES string of the molecule is NCCc1cnc(Oc2ccc(Cl)c3ccccc23)nc1. The second kappa shape index (κ2) is 6.08. The van der Waals surface area contributed by atoms with Gasteiger partial charge in [0.2, 0.25) is 0 Å². The van der Waals surface area contributed by atoms with Crippen LogP contribution in [-0.2, 0) is 6.42 Å². The second-order valence-corrected chi connectivity index (χ2v) is 5.01. The van der Waals surface area contributed by atoms with Gasteiger partial charge in [-0.25, -0.2) is 9.97 Å². The number of nitrogens with two attached hydrogens (primary N) is 1. The standard InChI is InChI=1S/C16H14ClN3O/c17-14-5-6-15(13-4-2-1-3-12(13)14)21-16-19-9-11(7-8-18)10-20-16/h1-6,9-10H,7-8,18H2. The van der Waals surface area contributed by atoms with Crippen molar-refractivity contribution in [2.75, 3.05) is 6.54 Å². The molecule has 0 spiro atoms. The van der Waals surface area contributed by atoms with E-state index in [9.17, 15) is 0 Å². The average molecular weight is 300 g/mol. The number of ether oxygens (including phenoxy) is 1. The van der Waals surface area contributed by atoms with Gasteiger partial charge in [-0.3, -0.25) is 0 Å². The van der Waals surface area contributed by atoms with E-state index in [1.165, 1.54) is 0 Å². The second-order valence-electron chi connectivity index (χ2n) is 4.61. The van der Waals surface area contributed by atoms with E-state index in [1.807, 2.05) is 36.4 Å². The van der Waals surface area contributed by atoms with Crippen molar-refractivity contribution < 1.29 is 4.74 Å². The van der Waals surface area contributed by atoms with Crippen LogP contribution in [0.15, 0.2) is 48.8 Å². The number of halogens is 1. The summed E-state index contributed by atoms with van der Waals surface area (Å²) in [5.41, 5.74) is 6.49. The summed E-state index contributed by atoms with van der Waals surface area (Å²) in [5.74, 6) is 0.682. The van der Waals surface area contributed by atoms with Crippen LogP contribution in [0.5, 0.6) is 11.8 Å². The highest BCUT2D eigenvalue weighted by Crippen LogP contribution is 2.32. The van der Waals surface area contributed by atoms with Crippen LogP contribution >= 0.6 is 11.6 Å². The molecular formula is C16H14ClN3O. The lowest BCUT2D eigenvalue weighted by Gasteiger charge is -2.08. The Hall–Kier alpha value is -2.17. The van der Waals surface area contributed by atoms with Gasteiger partial charge in [-0.05, 0) is 30.7 Å². The summed E-state index contributed by atoms with van der Waals surface area (Å²) in [7, 11) is 0. The molecule has 3 aromatic rings. The van der Waals surface area contributed by atoms with E-state index >= 15 is 0 Å². The van der Waals surface area contributed by atoms with Crippen molar-refractivity contribution in [2.45, 2.75) is 6.42 Å². The number of hydrogen-bond donors (Lipinski definition) is 1. The van der Waals surface area contributed by atoms with Crippen molar-refractivity contribution in [3.8, 4) is 11.8 Å². The fourth-order valence-electron chi connectivity index (χ4n) is 2.11. The molecule has 0 atom stereocenters. The molecule has 0 unspecified atom stereocenters. The summed E-state index contributed by atoms with van der Waals surface area (Å²) in [6.45, 7) is 0.575. The van der Waals surface area contributed by atoms with Crippen molar-refractivity contribution in [1.29, 1.82) is 0 Å². The molecule has 4 nitrogen and oxygen atoms in total. The van der Waals surface area contributed by atoms with E-state index in [0.29, 0.717) is 23.3 Å². The normalized spacial score (nSPS) is 10.8. The van der Waals surface area contributed by atoms with Crippen LogP contribution in [0.3, 0.4) is 0 Å². The van der Waals surface area contributed by atoms with Crippen molar-refractivity contribution >= 4 is 22.4 Å². The first-order valence-corrected chi connectivity index (χ1v) is 7.02. The predicted octanol–water partition coefficient (Wildman–Crippen LogP) is 3.58. The lowest BCUT2D eigenvalue weighted by atomic mass is 10.1. The van der Waals surface area contributed by atoms with Gasteiger partial charge in [0.15, 0.2) is 0 Å². The lowest BCUT2D eigenvalue weighted by molar-refractivity contribution is 0.446. The molecule has 21 heavy (non-hydrogen) atoms. The third-order valence-electron chi connectivity index (χ3n) is 3.15. The van der Waals surface area contributed by atoms with Gasteiger partial charge in [0, 0.05) is 28.2 Å². The molecular weight excluding hydrogens is 286 g/mol. The smallest absolute Gasteiger partial charge is 0.321 e. The topological polar surface area (TPSA) is 61.0 Å². The summed E-state index contributed by atoms with van der Waals surface area (Å²) in [6, 6.07) is 11.7. The molecule has 0 bridgehead atoms. The Morgan fingerprint density at radius 2 is 1.71 bits per heavy atom. The molecule has 106 valence electrons. The van der Waals surface area contributed by atoms with Gasteiger partial charge >= 0.3 is 6.01 Å². The number of fused-ring (bicyclic) bond motifs is 1. The maximum atomic E-state index is 6.19. The molecule has 0 saturated carbocycles. The molecule has 0 aliphatic carbocycles. The van der Waals surface area contributed by atoms with Crippen molar-refractivity contribution in [1.82, 2.24) is 9.97 Å². The summed E-state index contributed by atoms with van der Waals surface area (Å²) in [6.07, 6.45) is 4.21. The van der Waals surface area contributed by atoms with Crippen LogP contribution in [-0.4, -0.2) is 16.5 Å². The van der Waals surface area contributed by atoms with Crippen LogP contribution in [0.4, 0.5) is 0 Å². The highest BCUT2D eigenvalue weighted by atomic mass is 35.5. The molecule has 0 fully saturated rings. The first-order valence-electron chi connectivity index (χ1n) is 6.64. The van der Waals surface area contributed by atoms with E-state index < -0.39 is 0 Å². The Kier molecular flexibility index (Phi) is 3.99. The molecule has 0 aliphatic heterocycles. The first-order chi connectivity index (χ1) is 10.3. The minimum atomic E-state index is 0.309. The zero-order valence-corrected chi connectivity index (χ0v) is 12.0. The van der Waals surface area contributed by atoms with Crippen LogP contribution < -0.4 is 10.5 Å². The number of benzene rings is 2. The molecule has 3 rings (SSSR count). The highest BCUT2D eigenvalue weighted by Gasteiger charge is 2.07. The fourth-order valence-corrected chi connectivity index (χ4v) is 2.34. The third-order valence-corrected chi connectivity index (χ3v) is 3.48. The molecule has 2 N–H and O–H groups in total. The number of hydrogen-bond acceptors (Lipinski definition) is 4. The van der Waals surface area contributed by atoms with E-state index in [2.05, 4.69) is 9.97 Å². The Labute approximate surface area is 127 Å². The van der Waals surface area contributed by atoms with Gasteiger partial charge < -0.3 is 10.5 Å². The quantitative estimate of drug-likeness (QED) is 0.800. The Morgan fingerprint density at radius 1 is 1.00 bits per heavy atom. The number of aromatic nitrogens is 2. The largest absolute Gasteiger partial charge is 0.424 e. The summed E-state index contributed by atoms with van der Waals surface area (Å²) in [4.78, 5) is 8.40. The van der Waals surface area contributed by atoms with Crippen LogP contribution in [0.25, 0.3) is 10.8 Å². The Bertz CT molecular complexity index is 759. The average Bonchev–Trinajstić information content (AvgIpc) is 2.52. The van der Waals surface area contributed by atoms with Gasteiger partial charge in [0.25, 0.3) is 0 Å². The van der Waals surface area contributed by atoms with E-state index in [0.717, 1.165) is 22.8 Å². The molecule has 0 radical (unpaired) electrons. The van der Waals surface area contributed by atoms with Crippen molar-refractivity contribution in [3.05, 3.63) is 59.4 Å². The summed E-state index contributed by atoms with van der Waals surface area (Å²) >= 11 is 6.19. The van der Waals surface area contributed by atoms with E-state index in [1.54, 1.807) is 12.4 Å². The predicted molar refractivity (Wildman–Crippen MR) is 83.8 cm³/mol. The zero-order valence-electron chi connectivity index (χ0n) is 11.3. The lowest BCUT2D eigenvalue weighted by Crippen LogP contribution is -2.03. The molecule has 0 aliphatic rings. The molecule has 5 heteroatoms. The van der Waals surface area contributed by atoms with Gasteiger partial charge in [0.05, 0.1) is 0 Å². The van der Waals surface area contributed by atoms with Gasteiger partial charge in [-0.2, -0.15) is 0 Å². The van der Waals surface area contributed by atoms with E-state index in [-0.39, 0.29) is 0 Å². The number of nitrogens with zero attached hydrogens (tertiary/aromatic N) is 2. The van der Waals surface area contributed by atoms with E-state index in [4.69, 9.17) is 22.1 Å². The monoisotopic (exact) mass is 299 g/mol. The Morgan fingerprint density at radius 3 is 2.43 bits per heavy atom. The maximum Gasteiger partial charge on any atom is 0.321 e. The van der Waals surface area contributed by atoms with Crippen LogP contribution in [0, 0.1) is 0 Å². The summed E-state index contributed by atoms with van der Waals surface area (Å²) in [5, 5.41) is 2.56. The number of rotatable bonds is 4. The minimum absolute atomic E-state index is 0.309. The highest BCUT2D eigenvalue weighted by molar-refractivity contribution is 6.35. The molecule has 2 aromatic carbocycles. The van der Waals surface area contributed by atoms with Gasteiger partial charge in [-0.1, -0.05) is 35.9 Å². The molecule has 1 heterocycles. The van der Waals surface area contributed by atoms with Crippen molar-refractivity contribution in [3.63, 3.8) is 0 Å². The fraction of sp³-hybridized carbons (Fsp3) is 0.125. The molecule has 1 aromatic heterocycles. The summed E-state index contributed by atoms with van der Waals surface area (Å²) < 4.78 is 5.77. The zero-order chi connectivity index (χ0) is 14.7. The van der Waals surface area contributed by atoms with Gasteiger partial charge in [0.1, 0.15) is 5.75 Å². The Balaban J connectivity index is 1.93. The minimum Gasteiger partial charge on any atom is -0.424 e.